The van der Waals surface area contributed by atoms with Gasteiger partial charge in [-0.15, -0.1) is 4.79 Å². The summed E-state index contributed by atoms with van der Waals surface area (Å²) in [7, 11) is 0. The Morgan fingerprint density at radius 2 is 0.576 bits per heavy atom. The van der Waals surface area contributed by atoms with Gasteiger partial charge in [0.25, 0.3) is 0 Å². The van der Waals surface area contributed by atoms with E-state index >= 15 is 35.2 Å². The van der Waals surface area contributed by atoms with Gasteiger partial charge in [0, 0.05) is 28.8 Å². The fraction of sp³-hybridized carbons (Fsp3) is 0. The van der Waals surface area contributed by atoms with Crippen LogP contribution in [0.3, 0.4) is 0 Å². The molecule has 0 aliphatic carbocycles. The van der Waals surface area contributed by atoms with Crippen LogP contribution in [0.25, 0.3) is 89.7 Å². The van der Waals surface area contributed by atoms with Crippen LogP contribution in [-0.2, 0) is 17.1 Å². The number of aromatic nitrogens is 8. The van der Waals surface area contributed by atoms with Crippen molar-refractivity contribution in [3.05, 3.63) is 92.3 Å². The van der Waals surface area contributed by atoms with Gasteiger partial charge in [-0.1, -0.05) is 16.1 Å². The Morgan fingerprint density at radius 3 is 0.932 bits per heavy atom. The normalized spacial score (nSPS) is 12.1. The summed E-state index contributed by atoms with van der Waals surface area (Å²) in [6.07, 6.45) is 0. The summed E-state index contributed by atoms with van der Waals surface area (Å²) in [5.41, 5.74) is -12.4. The molecule has 8 nitrogen and oxygen atoms in total. The second-order valence-corrected chi connectivity index (χ2v) is 12.6. The zero-order chi connectivity index (χ0) is 41.9. The third-order valence-electron chi connectivity index (χ3n) is 8.87. The largest absolute Gasteiger partial charge is 0.217 e. The van der Waals surface area contributed by atoms with Gasteiger partial charge < -0.3 is 0 Å². The van der Waals surface area contributed by atoms with Gasteiger partial charge in [0.15, 0.2) is 133 Å². The second-order valence-electron chi connectivity index (χ2n) is 11.8. The minimum absolute atomic E-state index is 0. The Kier molecular flexibility index (Phi) is 8.89. The van der Waals surface area contributed by atoms with Crippen LogP contribution in [-0.4, -0.2) is 38.8 Å². The first-order valence-electron chi connectivity index (χ1n) is 14.9. The van der Waals surface area contributed by atoms with Crippen molar-refractivity contribution in [2.45, 2.75) is 0 Å². The third-order valence-corrected chi connectivity index (χ3v) is 9.55. The van der Waals surface area contributed by atoms with Crippen molar-refractivity contribution in [3.8, 4) is 45.6 Å². The first-order valence-corrected chi connectivity index (χ1v) is 15.7. The van der Waals surface area contributed by atoms with Gasteiger partial charge in [-0.2, -0.15) is 0 Å². The number of benzene rings is 4. The smallest absolute Gasteiger partial charge is 0.198 e. The third kappa shape index (κ3) is 5.00. The molecule has 27 heteroatoms. The fourth-order valence-electron chi connectivity index (χ4n) is 6.35. The van der Waals surface area contributed by atoms with Crippen LogP contribution >= 0.6 is 23.4 Å². The Balaban J connectivity index is 0.00000484. The number of hydrogen-bond donors (Lipinski definition) is 0. The van der Waals surface area contributed by atoms with E-state index in [1.54, 1.807) is 0 Å². The molecule has 0 saturated heterocycles. The molecule has 0 N–H and O–H groups in total. The first kappa shape index (κ1) is 40.0. The Labute approximate surface area is 330 Å². The van der Waals surface area contributed by atoms with E-state index in [1.807, 2.05) is 0 Å². The molecular weight excluding hydrogens is 935 g/mol. The predicted octanol–water partition coefficient (Wildman–Crippen LogP) is 10.3. The van der Waals surface area contributed by atoms with Crippen molar-refractivity contribution >= 4 is 67.5 Å². The minimum atomic E-state index is -2.66. The van der Waals surface area contributed by atoms with Gasteiger partial charge >= 0.3 is 0 Å². The summed E-state index contributed by atoms with van der Waals surface area (Å²) in [6.45, 7) is 0. The van der Waals surface area contributed by atoms with Crippen LogP contribution in [0.1, 0.15) is 0 Å². The molecular formula is C32Cl2CuF16N8. The number of fused-ring (bicyclic) bond motifs is 20. The molecule has 5 heterocycles. The first-order chi connectivity index (χ1) is 27.3. The zero-order valence-corrected chi connectivity index (χ0v) is 29.1. The minimum Gasteiger partial charge on any atom is -0.217 e. The summed E-state index contributed by atoms with van der Waals surface area (Å²) in [4.78, 5) is 20.1. The monoisotopic (exact) mass is 933 g/mol. The molecule has 0 unspecified atom stereocenters. The van der Waals surface area contributed by atoms with Crippen LogP contribution in [0.4, 0.5) is 70.3 Å². The van der Waals surface area contributed by atoms with Gasteiger partial charge in [-0.05, 0) is 0 Å². The molecule has 59 heavy (non-hydrogen) atoms. The maximum atomic E-state index is 16.4. The standard InChI is InChI=1S/C32Cl2F16N8.Cu/c33-9-1-2(10(35)18(43)17(9)42)26-51-25(1)53-29-5-6(14(39)22(47)21(46)13(5)38)30(57(29)34)54-27-3-4(12(37)20(45)19(44)11(3)36)28(52-27)56-32-8-7(31(55-26)58(32)50)15(40)23(48)24(49)16(8)41;. The van der Waals surface area contributed by atoms with Crippen molar-refractivity contribution in [1.29, 1.82) is 0 Å². The van der Waals surface area contributed by atoms with E-state index in [1.165, 1.54) is 0 Å². The van der Waals surface area contributed by atoms with Crippen LogP contribution < -0.4 is 0 Å². The molecule has 8 bridgehead atoms. The number of rotatable bonds is 0. The van der Waals surface area contributed by atoms with E-state index in [0.717, 1.165) is 0 Å². The molecule has 3 aromatic heterocycles. The van der Waals surface area contributed by atoms with E-state index < -0.39 is 187 Å². The van der Waals surface area contributed by atoms with E-state index in [-0.39, 0.29) is 21.2 Å². The van der Waals surface area contributed by atoms with E-state index in [2.05, 4.69) is 29.9 Å². The molecule has 0 saturated carbocycles. The average Bonchev–Trinajstić information content (AvgIpc) is 3.90. The molecule has 0 fully saturated rings. The number of halogens is 18. The van der Waals surface area contributed by atoms with Crippen molar-refractivity contribution in [2.75, 3.05) is 0 Å². The maximum absolute atomic E-state index is 16.4. The molecule has 0 spiro atoms. The summed E-state index contributed by atoms with van der Waals surface area (Å²) < 4.78 is 243. The molecule has 4 aromatic carbocycles. The van der Waals surface area contributed by atoms with Crippen LogP contribution in [0, 0.1) is 87.3 Å². The second kappa shape index (κ2) is 13.1. The summed E-state index contributed by atoms with van der Waals surface area (Å²) >= 11 is 12.2. The summed E-state index contributed by atoms with van der Waals surface area (Å²) in [5.74, 6) is -43.0. The Bertz CT molecular complexity index is 2930. The average molecular weight is 935 g/mol. The van der Waals surface area contributed by atoms with Gasteiger partial charge in [0.1, 0.15) is 0 Å². The van der Waals surface area contributed by atoms with Crippen molar-refractivity contribution in [3.63, 3.8) is 0 Å². The molecule has 9 rings (SSSR count). The topological polar surface area (TPSA) is 87.2 Å². The van der Waals surface area contributed by atoms with Crippen LogP contribution in [0.15, 0.2) is 0 Å². The SMILES string of the molecule is Fc1c(F)c(F)c2c(c1F)-c1nc-2nc2c3c(F)c(F)c(F)c(F)c3c(nc3nc(nc4c5c(F)c(F)c(F)c(F)c5c(n1)n4F)-c1c(F)c(F)c(F)c(Cl)c1-3)n2Cl.[Cu]. The molecule has 305 valence electrons. The number of hydrogen-bond acceptors (Lipinski definition) is 6. The molecule has 7 aromatic rings. The predicted molar refractivity (Wildman–Crippen MR) is 165 cm³/mol. The van der Waals surface area contributed by atoms with Crippen molar-refractivity contribution < 1.29 is 87.4 Å². The van der Waals surface area contributed by atoms with Gasteiger partial charge in [0.2, 0.25) is 0 Å². The summed E-state index contributed by atoms with van der Waals surface area (Å²) in [5, 5.41) is -8.06. The Hall–Kier alpha value is -5.78. The molecule has 0 amide bonds. The molecule has 2 aliphatic heterocycles. The quantitative estimate of drug-likeness (QED) is 0.0652. The van der Waals surface area contributed by atoms with Gasteiger partial charge in [-0.3, -0.25) is 0 Å². The fourth-order valence-corrected chi connectivity index (χ4v) is 6.85. The molecule has 2 aliphatic rings. The summed E-state index contributed by atoms with van der Waals surface area (Å²) in [6, 6.07) is 0. The number of nitrogens with zero attached hydrogens (tertiary/aromatic N) is 8. The van der Waals surface area contributed by atoms with Gasteiger partial charge in [0.05, 0.1) is 48.8 Å². The Morgan fingerprint density at radius 1 is 0.322 bits per heavy atom. The van der Waals surface area contributed by atoms with Crippen molar-refractivity contribution in [2.24, 2.45) is 0 Å². The van der Waals surface area contributed by atoms with Crippen molar-refractivity contribution in [1.82, 2.24) is 38.8 Å². The van der Waals surface area contributed by atoms with E-state index in [4.69, 9.17) is 23.4 Å². The van der Waals surface area contributed by atoms with E-state index in [9.17, 15) is 35.1 Å². The van der Waals surface area contributed by atoms with Gasteiger partial charge in [-0.25, -0.2) is 99.8 Å². The zero-order valence-electron chi connectivity index (χ0n) is 26.7. The van der Waals surface area contributed by atoms with Crippen LogP contribution in [0.5, 0.6) is 0 Å². The molecule has 1 radical (unpaired) electrons. The molecule has 0 atom stereocenters. The maximum Gasteiger partial charge on any atom is 0.198 e. The van der Waals surface area contributed by atoms with Crippen LogP contribution in [0.2, 0.25) is 5.02 Å². The van der Waals surface area contributed by atoms with E-state index in [0.29, 0.717) is 0 Å².